The molecular formula is C9H15NO3. The van der Waals surface area contributed by atoms with Crippen LogP contribution in [0.15, 0.2) is 12.2 Å². The standard InChI is InChI=1S/C9H15NO3/c1-6(2)7(11)13-5-9(3,4)8(10)12/h1,5H2,2-4H3,(H2,10,12). The van der Waals surface area contributed by atoms with Crippen molar-refractivity contribution in [3.05, 3.63) is 12.2 Å². The smallest absolute Gasteiger partial charge is 0.333 e. The molecule has 0 aliphatic carbocycles. The number of nitrogens with two attached hydrogens (primary N) is 1. The van der Waals surface area contributed by atoms with Crippen molar-refractivity contribution in [2.24, 2.45) is 11.1 Å². The van der Waals surface area contributed by atoms with Crippen LogP contribution < -0.4 is 5.73 Å². The van der Waals surface area contributed by atoms with E-state index in [0.29, 0.717) is 5.57 Å². The lowest BCUT2D eigenvalue weighted by molar-refractivity contribution is -0.144. The van der Waals surface area contributed by atoms with Crippen LogP contribution in [-0.4, -0.2) is 18.5 Å². The van der Waals surface area contributed by atoms with Gasteiger partial charge >= 0.3 is 5.97 Å². The number of carbonyl (C=O) groups is 2. The van der Waals surface area contributed by atoms with Gasteiger partial charge in [0.15, 0.2) is 0 Å². The normalized spacial score (nSPS) is 10.7. The van der Waals surface area contributed by atoms with Crippen LogP contribution in [0, 0.1) is 5.41 Å². The van der Waals surface area contributed by atoms with E-state index in [4.69, 9.17) is 10.5 Å². The zero-order chi connectivity index (χ0) is 10.6. The Hall–Kier alpha value is -1.32. The number of rotatable bonds is 4. The predicted molar refractivity (Wildman–Crippen MR) is 48.7 cm³/mol. The van der Waals surface area contributed by atoms with E-state index in [9.17, 15) is 9.59 Å². The summed E-state index contributed by atoms with van der Waals surface area (Å²) in [7, 11) is 0. The third kappa shape index (κ3) is 3.73. The van der Waals surface area contributed by atoms with Gasteiger partial charge < -0.3 is 10.5 Å². The van der Waals surface area contributed by atoms with Crippen molar-refractivity contribution in [1.29, 1.82) is 0 Å². The molecule has 0 atom stereocenters. The van der Waals surface area contributed by atoms with Gasteiger partial charge in [-0.2, -0.15) is 0 Å². The van der Waals surface area contributed by atoms with Gasteiger partial charge in [-0.1, -0.05) is 6.58 Å². The first-order valence-electron chi connectivity index (χ1n) is 3.90. The van der Waals surface area contributed by atoms with Crippen molar-refractivity contribution < 1.29 is 14.3 Å². The molecule has 0 aromatic heterocycles. The number of ether oxygens (including phenoxy) is 1. The molecule has 0 aromatic rings. The third-order valence-corrected chi connectivity index (χ3v) is 1.58. The van der Waals surface area contributed by atoms with E-state index < -0.39 is 17.3 Å². The molecule has 0 heterocycles. The molecule has 0 aliphatic rings. The molecule has 1 amide bonds. The minimum atomic E-state index is -0.828. The highest BCUT2D eigenvalue weighted by Crippen LogP contribution is 2.14. The van der Waals surface area contributed by atoms with Crippen molar-refractivity contribution in [2.75, 3.05) is 6.61 Å². The first-order valence-corrected chi connectivity index (χ1v) is 3.90. The maximum atomic E-state index is 10.9. The Bertz CT molecular complexity index is 243. The minimum absolute atomic E-state index is 0.0198. The van der Waals surface area contributed by atoms with Gasteiger partial charge in [-0.3, -0.25) is 4.79 Å². The zero-order valence-corrected chi connectivity index (χ0v) is 8.22. The Morgan fingerprint density at radius 2 is 1.92 bits per heavy atom. The Balaban J connectivity index is 4.10. The fraction of sp³-hybridized carbons (Fsp3) is 0.556. The molecule has 74 valence electrons. The van der Waals surface area contributed by atoms with E-state index in [-0.39, 0.29) is 6.61 Å². The highest BCUT2D eigenvalue weighted by Gasteiger charge is 2.26. The van der Waals surface area contributed by atoms with E-state index in [1.165, 1.54) is 0 Å². The van der Waals surface area contributed by atoms with E-state index >= 15 is 0 Å². The van der Waals surface area contributed by atoms with Crippen LogP contribution in [0.1, 0.15) is 20.8 Å². The lowest BCUT2D eigenvalue weighted by Crippen LogP contribution is -2.36. The number of carbonyl (C=O) groups excluding carboxylic acids is 2. The minimum Gasteiger partial charge on any atom is -0.461 e. The lowest BCUT2D eigenvalue weighted by Gasteiger charge is -2.19. The Morgan fingerprint density at radius 3 is 2.23 bits per heavy atom. The molecule has 0 fully saturated rings. The molecule has 2 N–H and O–H groups in total. The molecule has 0 spiro atoms. The topological polar surface area (TPSA) is 69.4 Å². The summed E-state index contributed by atoms with van der Waals surface area (Å²) >= 11 is 0. The molecule has 0 rings (SSSR count). The fourth-order valence-corrected chi connectivity index (χ4v) is 0.440. The molecule has 4 heteroatoms. The lowest BCUT2D eigenvalue weighted by atomic mass is 9.94. The number of esters is 1. The summed E-state index contributed by atoms with van der Waals surface area (Å²) in [6.45, 7) is 8.16. The van der Waals surface area contributed by atoms with Crippen LogP contribution in [0.5, 0.6) is 0 Å². The summed E-state index contributed by atoms with van der Waals surface area (Å²) in [5, 5.41) is 0. The number of hydrogen-bond acceptors (Lipinski definition) is 3. The summed E-state index contributed by atoms with van der Waals surface area (Å²) in [6, 6.07) is 0. The first-order chi connectivity index (χ1) is 5.77. The van der Waals surface area contributed by atoms with Crippen molar-refractivity contribution >= 4 is 11.9 Å². The second-order valence-corrected chi connectivity index (χ2v) is 3.60. The fourth-order valence-electron chi connectivity index (χ4n) is 0.440. The van der Waals surface area contributed by atoms with Crippen LogP contribution in [0.25, 0.3) is 0 Å². The molecule has 0 saturated carbocycles. The summed E-state index contributed by atoms with van der Waals surface area (Å²) < 4.78 is 4.79. The van der Waals surface area contributed by atoms with Gasteiger partial charge in [0.1, 0.15) is 6.61 Å². The SMILES string of the molecule is C=C(C)C(=O)OCC(C)(C)C(N)=O. The average molecular weight is 185 g/mol. The summed E-state index contributed by atoms with van der Waals surface area (Å²) in [5.41, 5.74) is 4.56. The number of hydrogen-bond donors (Lipinski definition) is 1. The molecule has 0 radical (unpaired) electrons. The van der Waals surface area contributed by atoms with Crippen LogP contribution in [0.4, 0.5) is 0 Å². The molecule has 0 aromatic carbocycles. The van der Waals surface area contributed by atoms with Crippen molar-refractivity contribution in [2.45, 2.75) is 20.8 Å². The molecule has 0 saturated heterocycles. The molecule has 0 aliphatic heterocycles. The largest absolute Gasteiger partial charge is 0.461 e. The Morgan fingerprint density at radius 1 is 1.46 bits per heavy atom. The predicted octanol–water partition coefficient (Wildman–Crippen LogP) is 0.617. The zero-order valence-electron chi connectivity index (χ0n) is 8.22. The summed E-state index contributed by atoms with van der Waals surface area (Å²) in [6.07, 6.45) is 0. The molecule has 13 heavy (non-hydrogen) atoms. The maximum absolute atomic E-state index is 10.9. The maximum Gasteiger partial charge on any atom is 0.333 e. The van der Waals surface area contributed by atoms with Gasteiger partial charge in [0, 0.05) is 5.57 Å². The Kier molecular flexibility index (Phi) is 3.66. The van der Waals surface area contributed by atoms with Crippen LogP contribution in [-0.2, 0) is 14.3 Å². The number of primary amides is 1. The van der Waals surface area contributed by atoms with E-state index in [1.807, 2.05) is 0 Å². The highest BCUT2D eigenvalue weighted by molar-refractivity contribution is 5.87. The third-order valence-electron chi connectivity index (χ3n) is 1.58. The van der Waals surface area contributed by atoms with Gasteiger partial charge in [0.25, 0.3) is 0 Å². The average Bonchev–Trinajstić information content (AvgIpc) is 1.99. The second-order valence-electron chi connectivity index (χ2n) is 3.60. The van der Waals surface area contributed by atoms with Crippen LogP contribution in [0.2, 0.25) is 0 Å². The van der Waals surface area contributed by atoms with Gasteiger partial charge in [-0.15, -0.1) is 0 Å². The summed E-state index contributed by atoms with van der Waals surface area (Å²) in [5.74, 6) is -1.00. The van der Waals surface area contributed by atoms with E-state index in [2.05, 4.69) is 6.58 Å². The van der Waals surface area contributed by atoms with Crippen molar-refractivity contribution in [1.82, 2.24) is 0 Å². The van der Waals surface area contributed by atoms with Crippen molar-refractivity contribution in [3.63, 3.8) is 0 Å². The number of amides is 1. The molecule has 0 bridgehead atoms. The van der Waals surface area contributed by atoms with E-state index in [0.717, 1.165) is 0 Å². The van der Waals surface area contributed by atoms with Crippen LogP contribution >= 0.6 is 0 Å². The molecule has 0 unspecified atom stereocenters. The Labute approximate surface area is 77.7 Å². The first kappa shape index (κ1) is 11.7. The van der Waals surface area contributed by atoms with Gasteiger partial charge in [-0.05, 0) is 20.8 Å². The van der Waals surface area contributed by atoms with E-state index in [1.54, 1.807) is 20.8 Å². The summed E-state index contributed by atoms with van der Waals surface area (Å²) in [4.78, 5) is 21.8. The highest BCUT2D eigenvalue weighted by atomic mass is 16.5. The van der Waals surface area contributed by atoms with Crippen LogP contribution in [0.3, 0.4) is 0 Å². The van der Waals surface area contributed by atoms with Crippen molar-refractivity contribution in [3.8, 4) is 0 Å². The quantitative estimate of drug-likeness (QED) is 0.515. The monoisotopic (exact) mass is 185 g/mol. The molecular weight excluding hydrogens is 170 g/mol. The second kappa shape index (κ2) is 4.07. The molecule has 4 nitrogen and oxygen atoms in total. The van der Waals surface area contributed by atoms with Gasteiger partial charge in [-0.25, -0.2) is 4.79 Å². The van der Waals surface area contributed by atoms with Gasteiger partial charge in [0.2, 0.25) is 5.91 Å². The van der Waals surface area contributed by atoms with Gasteiger partial charge in [0.05, 0.1) is 5.41 Å².